The summed E-state index contributed by atoms with van der Waals surface area (Å²) in [6.45, 7) is 7.08. The van der Waals surface area contributed by atoms with Crippen molar-refractivity contribution in [2.24, 2.45) is 0 Å². The smallest absolute Gasteiger partial charge is 0.0524 e. The Kier molecular flexibility index (Phi) is 4.97. The maximum absolute atomic E-state index is 9.27. The highest BCUT2D eigenvalue weighted by Gasteiger charge is 2.11. The Balaban J connectivity index is 2.59. The lowest BCUT2D eigenvalue weighted by Gasteiger charge is -2.25. The summed E-state index contributed by atoms with van der Waals surface area (Å²) >= 11 is 0. The first-order chi connectivity index (χ1) is 7.50. The van der Waals surface area contributed by atoms with Crippen LogP contribution in [0, 0.1) is 6.92 Å². The number of rotatable bonds is 5. The van der Waals surface area contributed by atoms with Gasteiger partial charge in [0.25, 0.3) is 0 Å². The van der Waals surface area contributed by atoms with Crippen LogP contribution in [0.15, 0.2) is 24.3 Å². The SMILES string of the molecule is Cc1cccc(C(C)N(C)CCC(C)O)c1. The minimum Gasteiger partial charge on any atom is -0.393 e. The monoisotopic (exact) mass is 221 g/mol. The van der Waals surface area contributed by atoms with Gasteiger partial charge in [0, 0.05) is 12.6 Å². The third-order valence-electron chi connectivity index (χ3n) is 3.09. The molecule has 0 saturated heterocycles. The molecule has 2 unspecified atom stereocenters. The van der Waals surface area contributed by atoms with E-state index >= 15 is 0 Å². The Morgan fingerprint density at radius 1 is 1.31 bits per heavy atom. The maximum Gasteiger partial charge on any atom is 0.0524 e. The van der Waals surface area contributed by atoms with E-state index in [0.717, 1.165) is 13.0 Å². The van der Waals surface area contributed by atoms with Gasteiger partial charge in [-0.05, 0) is 39.8 Å². The van der Waals surface area contributed by atoms with Crippen molar-refractivity contribution in [2.75, 3.05) is 13.6 Å². The minimum atomic E-state index is -0.216. The van der Waals surface area contributed by atoms with Crippen LogP contribution in [0.5, 0.6) is 0 Å². The fourth-order valence-electron chi connectivity index (χ4n) is 1.77. The molecule has 1 aromatic rings. The molecule has 0 fully saturated rings. The molecule has 2 atom stereocenters. The number of nitrogens with zero attached hydrogens (tertiary/aromatic N) is 1. The Morgan fingerprint density at radius 2 is 2.00 bits per heavy atom. The van der Waals surface area contributed by atoms with Gasteiger partial charge in [-0.25, -0.2) is 0 Å². The lowest BCUT2D eigenvalue weighted by molar-refractivity contribution is 0.153. The van der Waals surface area contributed by atoms with Crippen molar-refractivity contribution in [3.63, 3.8) is 0 Å². The van der Waals surface area contributed by atoms with E-state index in [4.69, 9.17) is 0 Å². The molecule has 0 aliphatic heterocycles. The van der Waals surface area contributed by atoms with E-state index < -0.39 is 0 Å². The van der Waals surface area contributed by atoms with Gasteiger partial charge in [-0.2, -0.15) is 0 Å². The van der Waals surface area contributed by atoms with Gasteiger partial charge in [0.05, 0.1) is 6.10 Å². The molecule has 16 heavy (non-hydrogen) atoms. The van der Waals surface area contributed by atoms with Crippen molar-refractivity contribution in [1.29, 1.82) is 0 Å². The van der Waals surface area contributed by atoms with Gasteiger partial charge in [0.15, 0.2) is 0 Å². The zero-order valence-corrected chi connectivity index (χ0v) is 10.8. The third kappa shape index (κ3) is 3.95. The van der Waals surface area contributed by atoms with Crippen LogP contribution in [0.1, 0.15) is 37.4 Å². The highest BCUT2D eigenvalue weighted by atomic mass is 16.3. The van der Waals surface area contributed by atoms with Crippen LogP contribution < -0.4 is 0 Å². The summed E-state index contributed by atoms with van der Waals surface area (Å²) in [5.41, 5.74) is 2.64. The summed E-state index contributed by atoms with van der Waals surface area (Å²) in [4.78, 5) is 2.28. The maximum atomic E-state index is 9.27. The summed E-state index contributed by atoms with van der Waals surface area (Å²) < 4.78 is 0. The quantitative estimate of drug-likeness (QED) is 0.826. The highest BCUT2D eigenvalue weighted by Crippen LogP contribution is 2.19. The predicted molar refractivity (Wildman–Crippen MR) is 68.5 cm³/mol. The number of benzene rings is 1. The van der Waals surface area contributed by atoms with E-state index in [9.17, 15) is 5.11 Å². The van der Waals surface area contributed by atoms with E-state index in [0.29, 0.717) is 6.04 Å². The molecule has 1 rings (SSSR count). The Hall–Kier alpha value is -0.860. The molecule has 0 aromatic heterocycles. The summed E-state index contributed by atoms with van der Waals surface area (Å²) in [6, 6.07) is 9.01. The fourth-order valence-corrected chi connectivity index (χ4v) is 1.77. The average molecular weight is 221 g/mol. The van der Waals surface area contributed by atoms with E-state index in [1.54, 1.807) is 0 Å². The number of aliphatic hydroxyl groups is 1. The second-order valence-corrected chi connectivity index (χ2v) is 4.71. The molecule has 0 aliphatic carbocycles. The summed E-state index contributed by atoms with van der Waals surface area (Å²) in [6.07, 6.45) is 0.610. The van der Waals surface area contributed by atoms with Crippen LogP contribution >= 0.6 is 0 Å². The normalized spacial score (nSPS) is 15.1. The van der Waals surface area contributed by atoms with E-state index in [2.05, 4.69) is 50.1 Å². The second-order valence-electron chi connectivity index (χ2n) is 4.71. The molecule has 0 aliphatic rings. The molecule has 2 nitrogen and oxygen atoms in total. The summed E-state index contributed by atoms with van der Waals surface area (Å²) in [5, 5.41) is 9.27. The molecule has 0 bridgehead atoms. The van der Waals surface area contributed by atoms with Crippen molar-refractivity contribution < 1.29 is 5.11 Å². The van der Waals surface area contributed by atoms with E-state index in [1.807, 2.05) is 6.92 Å². The summed E-state index contributed by atoms with van der Waals surface area (Å²) in [5.74, 6) is 0. The minimum absolute atomic E-state index is 0.216. The van der Waals surface area contributed by atoms with Gasteiger partial charge >= 0.3 is 0 Å². The first-order valence-corrected chi connectivity index (χ1v) is 5.95. The van der Waals surface area contributed by atoms with Crippen molar-refractivity contribution in [2.45, 2.75) is 39.3 Å². The Labute approximate surface area is 98.9 Å². The van der Waals surface area contributed by atoms with Crippen LogP contribution in [0.3, 0.4) is 0 Å². The number of hydrogen-bond acceptors (Lipinski definition) is 2. The van der Waals surface area contributed by atoms with E-state index in [-0.39, 0.29) is 6.10 Å². The highest BCUT2D eigenvalue weighted by molar-refractivity contribution is 5.24. The summed E-state index contributed by atoms with van der Waals surface area (Å²) in [7, 11) is 2.11. The van der Waals surface area contributed by atoms with Crippen molar-refractivity contribution in [3.05, 3.63) is 35.4 Å². The molecule has 1 aromatic carbocycles. The van der Waals surface area contributed by atoms with Crippen LogP contribution in [0.25, 0.3) is 0 Å². The molecule has 0 amide bonds. The largest absolute Gasteiger partial charge is 0.393 e. The van der Waals surface area contributed by atoms with Crippen molar-refractivity contribution in [3.8, 4) is 0 Å². The first-order valence-electron chi connectivity index (χ1n) is 5.95. The van der Waals surface area contributed by atoms with Gasteiger partial charge in [-0.15, -0.1) is 0 Å². The van der Waals surface area contributed by atoms with Crippen LogP contribution in [-0.4, -0.2) is 29.7 Å². The predicted octanol–water partition coefficient (Wildman–Crippen LogP) is 2.76. The molecular weight excluding hydrogens is 198 g/mol. The van der Waals surface area contributed by atoms with Crippen molar-refractivity contribution >= 4 is 0 Å². The molecular formula is C14H23NO. The topological polar surface area (TPSA) is 23.5 Å². The Bertz CT molecular complexity index is 322. The van der Waals surface area contributed by atoms with Crippen LogP contribution in [0.2, 0.25) is 0 Å². The zero-order chi connectivity index (χ0) is 12.1. The lowest BCUT2D eigenvalue weighted by atomic mass is 10.0. The molecule has 0 saturated carbocycles. The molecule has 0 radical (unpaired) electrons. The van der Waals surface area contributed by atoms with Crippen LogP contribution in [-0.2, 0) is 0 Å². The van der Waals surface area contributed by atoms with Crippen LogP contribution in [0.4, 0.5) is 0 Å². The molecule has 2 heteroatoms. The second kappa shape index (κ2) is 6.02. The average Bonchev–Trinajstić information content (AvgIpc) is 2.24. The molecule has 1 N–H and O–H groups in total. The number of hydrogen-bond donors (Lipinski definition) is 1. The third-order valence-corrected chi connectivity index (χ3v) is 3.09. The fraction of sp³-hybridized carbons (Fsp3) is 0.571. The van der Waals surface area contributed by atoms with Gasteiger partial charge in [0.2, 0.25) is 0 Å². The van der Waals surface area contributed by atoms with Gasteiger partial charge in [0.1, 0.15) is 0 Å². The Morgan fingerprint density at radius 3 is 2.56 bits per heavy atom. The lowest BCUT2D eigenvalue weighted by Crippen LogP contribution is -2.25. The number of aliphatic hydroxyl groups excluding tert-OH is 1. The van der Waals surface area contributed by atoms with Gasteiger partial charge in [-0.3, -0.25) is 4.90 Å². The number of aryl methyl sites for hydroxylation is 1. The van der Waals surface area contributed by atoms with Gasteiger partial charge < -0.3 is 5.11 Å². The standard InChI is InChI=1S/C14H23NO/c1-11-6-5-7-14(10-11)13(3)15(4)9-8-12(2)16/h5-7,10,12-13,16H,8-9H2,1-4H3. The molecule has 0 spiro atoms. The first kappa shape index (κ1) is 13.2. The van der Waals surface area contributed by atoms with E-state index in [1.165, 1.54) is 11.1 Å². The zero-order valence-electron chi connectivity index (χ0n) is 10.8. The van der Waals surface area contributed by atoms with Gasteiger partial charge in [-0.1, -0.05) is 29.8 Å². The van der Waals surface area contributed by atoms with Crippen molar-refractivity contribution in [1.82, 2.24) is 4.90 Å². The molecule has 90 valence electrons. The molecule has 0 heterocycles.